The number of aromatic amines is 1. The summed E-state index contributed by atoms with van der Waals surface area (Å²) < 4.78 is 10.4. The first-order chi connectivity index (χ1) is 7.67. The van der Waals surface area contributed by atoms with Crippen LogP contribution in [0.15, 0.2) is 23.0 Å². The highest BCUT2D eigenvalue weighted by molar-refractivity contribution is 5.90. The van der Waals surface area contributed by atoms with E-state index in [-0.39, 0.29) is 17.8 Å². The van der Waals surface area contributed by atoms with E-state index in [1.54, 1.807) is 32.4 Å². The van der Waals surface area contributed by atoms with Crippen LogP contribution in [0, 0.1) is 6.92 Å². The van der Waals surface area contributed by atoms with Crippen LogP contribution < -0.4 is 14.9 Å². The van der Waals surface area contributed by atoms with Gasteiger partial charge < -0.3 is 14.5 Å². The number of halogens is 1. The fourth-order valence-electron chi connectivity index (χ4n) is 1.78. The van der Waals surface area contributed by atoms with Crippen LogP contribution in [-0.4, -0.2) is 19.2 Å². The van der Waals surface area contributed by atoms with E-state index in [4.69, 9.17) is 9.47 Å². The molecule has 5 heteroatoms. The molecule has 17 heavy (non-hydrogen) atoms. The monoisotopic (exact) mass is 255 g/mol. The molecule has 0 saturated heterocycles. The summed E-state index contributed by atoms with van der Waals surface area (Å²) in [6.07, 6.45) is 0. The zero-order valence-electron chi connectivity index (χ0n) is 9.87. The van der Waals surface area contributed by atoms with E-state index < -0.39 is 0 Å². The van der Waals surface area contributed by atoms with E-state index in [0.29, 0.717) is 22.4 Å². The van der Waals surface area contributed by atoms with E-state index in [0.717, 1.165) is 5.69 Å². The average molecular weight is 256 g/mol. The molecule has 1 aromatic heterocycles. The summed E-state index contributed by atoms with van der Waals surface area (Å²) >= 11 is 0. The topological polar surface area (TPSA) is 51.3 Å². The minimum atomic E-state index is -0.0676. The van der Waals surface area contributed by atoms with Gasteiger partial charge in [0.2, 0.25) is 0 Å². The molecule has 0 unspecified atom stereocenters. The molecule has 0 aliphatic heterocycles. The quantitative estimate of drug-likeness (QED) is 0.896. The lowest BCUT2D eigenvalue weighted by Gasteiger charge is -2.09. The molecule has 1 aromatic carbocycles. The molecule has 0 amide bonds. The van der Waals surface area contributed by atoms with Crippen LogP contribution >= 0.6 is 12.4 Å². The predicted octanol–water partition coefficient (Wildman–Crippen LogP) is 2.28. The summed E-state index contributed by atoms with van der Waals surface area (Å²) in [6, 6.07) is 5.05. The number of hydrogen-bond acceptors (Lipinski definition) is 3. The molecule has 2 aromatic rings. The van der Waals surface area contributed by atoms with Crippen molar-refractivity contribution >= 4 is 23.3 Å². The molecule has 1 N–H and O–H groups in total. The highest BCUT2D eigenvalue weighted by atomic mass is 35.5. The molecular formula is C12H14ClNO3. The molecule has 4 nitrogen and oxygen atoms in total. The largest absolute Gasteiger partial charge is 0.496 e. The third-order valence-corrected chi connectivity index (χ3v) is 2.48. The van der Waals surface area contributed by atoms with Gasteiger partial charge in [-0.05, 0) is 19.1 Å². The Morgan fingerprint density at radius 1 is 1.12 bits per heavy atom. The maximum absolute atomic E-state index is 11.9. The third-order valence-electron chi connectivity index (χ3n) is 2.48. The molecule has 0 aliphatic carbocycles. The maximum atomic E-state index is 11.9. The Morgan fingerprint density at radius 2 is 1.71 bits per heavy atom. The number of nitrogens with one attached hydrogen (secondary N) is 1. The Labute approximate surface area is 105 Å². The van der Waals surface area contributed by atoms with Gasteiger partial charge in [0.05, 0.1) is 25.1 Å². The van der Waals surface area contributed by atoms with Gasteiger partial charge in [0.15, 0.2) is 5.43 Å². The first-order valence-electron chi connectivity index (χ1n) is 4.92. The summed E-state index contributed by atoms with van der Waals surface area (Å²) in [6.45, 7) is 1.83. The molecule has 0 bridgehead atoms. The number of aromatic nitrogens is 1. The van der Waals surface area contributed by atoms with E-state index in [9.17, 15) is 4.79 Å². The molecule has 2 rings (SSSR count). The number of fused-ring (bicyclic) bond motifs is 1. The zero-order valence-corrected chi connectivity index (χ0v) is 10.7. The first kappa shape index (κ1) is 13.4. The van der Waals surface area contributed by atoms with Gasteiger partial charge in [-0.25, -0.2) is 0 Å². The molecule has 0 radical (unpaired) electrons. The van der Waals surface area contributed by atoms with Crippen molar-refractivity contribution in [3.05, 3.63) is 34.1 Å². The van der Waals surface area contributed by atoms with Crippen LogP contribution in [0.25, 0.3) is 10.9 Å². The molecule has 92 valence electrons. The molecule has 0 fully saturated rings. The number of benzene rings is 1. The molecule has 0 saturated carbocycles. The van der Waals surface area contributed by atoms with Crippen molar-refractivity contribution in [3.8, 4) is 11.5 Å². The summed E-state index contributed by atoms with van der Waals surface area (Å²) in [7, 11) is 3.11. The van der Waals surface area contributed by atoms with Gasteiger partial charge in [-0.3, -0.25) is 4.79 Å². The van der Waals surface area contributed by atoms with E-state index >= 15 is 0 Å². The standard InChI is InChI=1S/C12H13NO3.ClH/c1-7-6-8(14)11-9(15-2)4-5-10(16-3)12(11)13-7;/h4-6H,1-3H3,(H,13,14);1H. The number of hydrogen-bond donors (Lipinski definition) is 1. The zero-order chi connectivity index (χ0) is 11.7. The number of ether oxygens (including phenoxy) is 2. The summed E-state index contributed by atoms with van der Waals surface area (Å²) in [5.41, 5.74) is 1.40. The number of rotatable bonds is 2. The second kappa shape index (κ2) is 5.10. The highest BCUT2D eigenvalue weighted by Crippen LogP contribution is 2.29. The number of aryl methyl sites for hydroxylation is 1. The lowest BCUT2D eigenvalue weighted by Crippen LogP contribution is -2.05. The lowest BCUT2D eigenvalue weighted by molar-refractivity contribution is 0.409. The van der Waals surface area contributed by atoms with Crippen LogP contribution in [0.3, 0.4) is 0 Å². The Balaban J connectivity index is 0.00000144. The number of methoxy groups -OCH3 is 2. The van der Waals surface area contributed by atoms with Crippen molar-refractivity contribution in [3.63, 3.8) is 0 Å². The van der Waals surface area contributed by atoms with E-state index in [1.165, 1.54) is 0 Å². The second-order valence-electron chi connectivity index (χ2n) is 3.54. The van der Waals surface area contributed by atoms with Crippen LogP contribution in [0.5, 0.6) is 11.5 Å². The second-order valence-corrected chi connectivity index (χ2v) is 3.54. The van der Waals surface area contributed by atoms with Crippen molar-refractivity contribution in [1.82, 2.24) is 4.98 Å². The van der Waals surface area contributed by atoms with Crippen LogP contribution in [0.1, 0.15) is 5.69 Å². The predicted molar refractivity (Wildman–Crippen MR) is 69.7 cm³/mol. The Bertz CT molecular complexity index is 592. The Kier molecular flexibility index (Phi) is 4.02. The van der Waals surface area contributed by atoms with Crippen molar-refractivity contribution < 1.29 is 9.47 Å². The first-order valence-corrected chi connectivity index (χ1v) is 4.92. The molecule has 1 heterocycles. The summed E-state index contributed by atoms with van der Waals surface area (Å²) in [4.78, 5) is 15.0. The summed E-state index contributed by atoms with van der Waals surface area (Å²) in [5, 5.41) is 0.521. The van der Waals surface area contributed by atoms with E-state index in [1.807, 2.05) is 6.92 Å². The number of H-pyrrole nitrogens is 1. The van der Waals surface area contributed by atoms with Crippen molar-refractivity contribution in [2.24, 2.45) is 0 Å². The molecule has 0 aliphatic rings. The molecule has 0 spiro atoms. The number of pyridine rings is 1. The minimum Gasteiger partial charge on any atom is -0.496 e. The summed E-state index contributed by atoms with van der Waals surface area (Å²) in [5.74, 6) is 1.19. The SMILES string of the molecule is COc1ccc(OC)c2c(=O)cc(C)[nH]c12.Cl. The lowest BCUT2D eigenvalue weighted by atomic mass is 10.1. The van der Waals surface area contributed by atoms with Crippen molar-refractivity contribution in [1.29, 1.82) is 0 Å². The van der Waals surface area contributed by atoms with Gasteiger partial charge in [-0.15, -0.1) is 12.4 Å². The van der Waals surface area contributed by atoms with E-state index in [2.05, 4.69) is 4.98 Å². The third kappa shape index (κ3) is 2.22. The maximum Gasteiger partial charge on any atom is 0.193 e. The Hall–Kier alpha value is -1.68. The van der Waals surface area contributed by atoms with Gasteiger partial charge in [0, 0.05) is 11.8 Å². The highest BCUT2D eigenvalue weighted by Gasteiger charge is 2.10. The fourth-order valence-corrected chi connectivity index (χ4v) is 1.78. The van der Waals surface area contributed by atoms with Crippen LogP contribution in [-0.2, 0) is 0 Å². The normalized spacial score (nSPS) is 9.82. The minimum absolute atomic E-state index is 0. The van der Waals surface area contributed by atoms with Gasteiger partial charge >= 0.3 is 0 Å². The smallest absolute Gasteiger partial charge is 0.193 e. The van der Waals surface area contributed by atoms with Gasteiger partial charge in [-0.1, -0.05) is 0 Å². The van der Waals surface area contributed by atoms with Crippen molar-refractivity contribution in [2.45, 2.75) is 6.92 Å². The van der Waals surface area contributed by atoms with Crippen LogP contribution in [0.4, 0.5) is 0 Å². The molecule has 0 atom stereocenters. The van der Waals surface area contributed by atoms with Gasteiger partial charge in [-0.2, -0.15) is 0 Å². The molecular weight excluding hydrogens is 242 g/mol. The average Bonchev–Trinajstić information content (AvgIpc) is 2.27. The van der Waals surface area contributed by atoms with Gasteiger partial charge in [0.1, 0.15) is 11.5 Å². The Morgan fingerprint density at radius 3 is 2.29 bits per heavy atom. The van der Waals surface area contributed by atoms with Crippen molar-refractivity contribution in [2.75, 3.05) is 14.2 Å². The van der Waals surface area contributed by atoms with Gasteiger partial charge in [0.25, 0.3) is 0 Å². The fraction of sp³-hybridized carbons (Fsp3) is 0.250. The van der Waals surface area contributed by atoms with Crippen LogP contribution in [0.2, 0.25) is 0 Å².